The zero-order valence-electron chi connectivity index (χ0n) is 13.5. The van der Waals surface area contributed by atoms with Gasteiger partial charge in [-0.25, -0.2) is 9.18 Å². The van der Waals surface area contributed by atoms with Gasteiger partial charge in [-0.05, 0) is 37.6 Å². The maximum absolute atomic E-state index is 14.0. The molecule has 7 heteroatoms. The van der Waals surface area contributed by atoms with Gasteiger partial charge in [-0.1, -0.05) is 0 Å². The van der Waals surface area contributed by atoms with E-state index in [1.54, 1.807) is 36.1 Å². The Labute approximate surface area is 140 Å². The van der Waals surface area contributed by atoms with Gasteiger partial charge in [0, 0.05) is 24.7 Å². The number of alkyl halides is 1. The highest BCUT2D eigenvalue weighted by Crippen LogP contribution is 2.23. The molecule has 1 aliphatic rings. The molecule has 1 aromatic rings. The second kappa shape index (κ2) is 8.29. The average molecular weight is 333 g/mol. The van der Waals surface area contributed by atoms with Gasteiger partial charge in [0.25, 0.3) is 0 Å². The Bertz CT molecular complexity index is 627. The summed E-state index contributed by atoms with van der Waals surface area (Å²) < 4.78 is 18.7. The van der Waals surface area contributed by atoms with Crippen molar-refractivity contribution in [1.29, 1.82) is 5.26 Å². The number of nitrogens with zero attached hydrogens (tertiary/aromatic N) is 2. The number of hydrogen-bond acceptors (Lipinski definition) is 5. The molecular formula is C17H20FN3O3. The van der Waals surface area contributed by atoms with Crippen molar-refractivity contribution in [2.24, 2.45) is 5.92 Å². The molecule has 1 aliphatic heterocycles. The van der Waals surface area contributed by atoms with Crippen LogP contribution in [0.5, 0.6) is 0 Å². The standard InChI is InChI=1S/C17H20FN3O3/c1-2-24-17(23)16(18)13-7-8-21(11-13)15(22)10-20-14-5-3-12(9-19)4-6-14/h3-6,13,16,20H,2,7-8,10-11H2,1H3. The van der Waals surface area contributed by atoms with E-state index in [0.29, 0.717) is 18.5 Å². The molecule has 0 spiro atoms. The number of rotatable bonds is 6. The van der Waals surface area contributed by atoms with E-state index in [4.69, 9.17) is 5.26 Å². The van der Waals surface area contributed by atoms with Crippen LogP contribution in [0.3, 0.4) is 0 Å². The third-order valence-corrected chi connectivity index (χ3v) is 3.96. The smallest absolute Gasteiger partial charge is 0.341 e. The van der Waals surface area contributed by atoms with Crippen LogP contribution in [0.1, 0.15) is 18.9 Å². The number of benzene rings is 1. The zero-order chi connectivity index (χ0) is 17.5. The first-order chi connectivity index (χ1) is 11.5. The summed E-state index contributed by atoms with van der Waals surface area (Å²) in [4.78, 5) is 25.2. The first kappa shape index (κ1) is 17.7. The van der Waals surface area contributed by atoms with Gasteiger partial charge in [-0.2, -0.15) is 5.26 Å². The predicted octanol–water partition coefficient (Wildman–Crippen LogP) is 1.72. The number of halogens is 1. The molecule has 1 amide bonds. The van der Waals surface area contributed by atoms with Gasteiger partial charge >= 0.3 is 5.97 Å². The highest BCUT2D eigenvalue weighted by Gasteiger charge is 2.36. The summed E-state index contributed by atoms with van der Waals surface area (Å²) in [6.07, 6.45) is -1.24. The maximum Gasteiger partial charge on any atom is 0.341 e. The summed E-state index contributed by atoms with van der Waals surface area (Å²) in [5, 5.41) is 11.7. The van der Waals surface area contributed by atoms with E-state index < -0.39 is 18.1 Å². The molecule has 1 fully saturated rings. The van der Waals surface area contributed by atoms with E-state index in [1.807, 2.05) is 6.07 Å². The molecule has 2 unspecified atom stereocenters. The van der Waals surface area contributed by atoms with E-state index >= 15 is 0 Å². The number of esters is 1. The van der Waals surface area contributed by atoms with Gasteiger partial charge in [0.2, 0.25) is 12.1 Å². The fourth-order valence-corrected chi connectivity index (χ4v) is 2.62. The fraction of sp³-hybridized carbons (Fsp3) is 0.471. The second-order valence-corrected chi connectivity index (χ2v) is 5.59. The summed E-state index contributed by atoms with van der Waals surface area (Å²) in [5.41, 5.74) is 1.27. The Morgan fingerprint density at radius 1 is 1.46 bits per heavy atom. The number of likely N-dealkylation sites (tertiary alicyclic amines) is 1. The number of anilines is 1. The van der Waals surface area contributed by atoms with Gasteiger partial charge in [-0.15, -0.1) is 0 Å². The summed E-state index contributed by atoms with van der Waals surface area (Å²) >= 11 is 0. The topological polar surface area (TPSA) is 82.4 Å². The van der Waals surface area contributed by atoms with Gasteiger partial charge in [0.15, 0.2) is 0 Å². The van der Waals surface area contributed by atoms with Crippen molar-refractivity contribution in [2.45, 2.75) is 19.5 Å². The lowest BCUT2D eigenvalue weighted by Crippen LogP contribution is -2.36. The molecular weight excluding hydrogens is 313 g/mol. The Morgan fingerprint density at radius 3 is 2.79 bits per heavy atom. The molecule has 0 radical (unpaired) electrons. The highest BCUT2D eigenvalue weighted by atomic mass is 19.1. The van der Waals surface area contributed by atoms with Crippen LogP contribution in [-0.2, 0) is 14.3 Å². The third-order valence-electron chi connectivity index (χ3n) is 3.96. The van der Waals surface area contributed by atoms with Gasteiger partial charge < -0.3 is 15.0 Å². The predicted molar refractivity (Wildman–Crippen MR) is 85.9 cm³/mol. The summed E-state index contributed by atoms with van der Waals surface area (Å²) in [5.74, 6) is -1.52. The van der Waals surface area contributed by atoms with Gasteiger partial charge in [0.05, 0.1) is 24.8 Å². The molecule has 24 heavy (non-hydrogen) atoms. The summed E-state index contributed by atoms with van der Waals surface area (Å²) in [6.45, 7) is 2.49. The van der Waals surface area contributed by atoms with Crippen LogP contribution in [-0.4, -0.2) is 49.2 Å². The van der Waals surface area contributed by atoms with E-state index in [0.717, 1.165) is 5.69 Å². The molecule has 128 valence electrons. The molecule has 1 aromatic carbocycles. The molecule has 0 saturated carbocycles. The minimum Gasteiger partial charge on any atom is -0.464 e. The Morgan fingerprint density at radius 2 is 2.17 bits per heavy atom. The van der Waals surface area contributed by atoms with Crippen molar-refractivity contribution in [3.05, 3.63) is 29.8 Å². The Kier molecular flexibility index (Phi) is 6.13. The van der Waals surface area contributed by atoms with Crippen molar-refractivity contribution in [2.75, 3.05) is 31.6 Å². The van der Waals surface area contributed by atoms with E-state index in [-0.39, 0.29) is 25.6 Å². The lowest BCUT2D eigenvalue weighted by molar-refractivity contribution is -0.151. The lowest BCUT2D eigenvalue weighted by atomic mass is 10.0. The third kappa shape index (κ3) is 4.44. The lowest BCUT2D eigenvalue weighted by Gasteiger charge is -2.18. The van der Waals surface area contributed by atoms with Crippen molar-refractivity contribution in [3.63, 3.8) is 0 Å². The molecule has 1 N–H and O–H groups in total. The minimum absolute atomic E-state index is 0.0784. The highest BCUT2D eigenvalue weighted by molar-refractivity contribution is 5.81. The molecule has 1 saturated heterocycles. The second-order valence-electron chi connectivity index (χ2n) is 5.59. The molecule has 2 rings (SSSR count). The van der Waals surface area contributed by atoms with Crippen LogP contribution in [0.25, 0.3) is 0 Å². The van der Waals surface area contributed by atoms with Crippen molar-refractivity contribution >= 4 is 17.6 Å². The molecule has 6 nitrogen and oxygen atoms in total. The van der Waals surface area contributed by atoms with E-state index in [9.17, 15) is 14.0 Å². The summed E-state index contributed by atoms with van der Waals surface area (Å²) in [6, 6.07) is 8.78. The van der Waals surface area contributed by atoms with E-state index in [2.05, 4.69) is 10.1 Å². The molecule has 0 aliphatic carbocycles. The zero-order valence-corrected chi connectivity index (χ0v) is 13.5. The first-order valence-electron chi connectivity index (χ1n) is 7.87. The van der Waals surface area contributed by atoms with E-state index in [1.165, 1.54) is 0 Å². The number of ether oxygens (including phenoxy) is 1. The number of amides is 1. The fourth-order valence-electron chi connectivity index (χ4n) is 2.62. The van der Waals surface area contributed by atoms with Crippen LogP contribution in [0.4, 0.5) is 10.1 Å². The average Bonchev–Trinajstić information content (AvgIpc) is 3.09. The van der Waals surface area contributed by atoms with Crippen LogP contribution < -0.4 is 5.32 Å². The summed E-state index contributed by atoms with van der Waals surface area (Å²) in [7, 11) is 0. The largest absolute Gasteiger partial charge is 0.464 e. The molecule has 0 bridgehead atoms. The SMILES string of the molecule is CCOC(=O)C(F)C1CCN(C(=O)CNc2ccc(C#N)cc2)C1. The van der Waals surface area contributed by atoms with Crippen LogP contribution >= 0.6 is 0 Å². The van der Waals surface area contributed by atoms with Crippen LogP contribution in [0.15, 0.2) is 24.3 Å². The molecule has 0 aromatic heterocycles. The number of nitrogens with one attached hydrogen (secondary N) is 1. The van der Waals surface area contributed by atoms with Crippen molar-refractivity contribution in [3.8, 4) is 6.07 Å². The molecule has 1 heterocycles. The number of carbonyl (C=O) groups is 2. The van der Waals surface area contributed by atoms with Crippen molar-refractivity contribution in [1.82, 2.24) is 4.90 Å². The van der Waals surface area contributed by atoms with Crippen LogP contribution in [0.2, 0.25) is 0 Å². The molecule has 2 atom stereocenters. The number of carbonyl (C=O) groups excluding carboxylic acids is 2. The quantitative estimate of drug-likeness (QED) is 0.802. The number of hydrogen-bond donors (Lipinski definition) is 1. The van der Waals surface area contributed by atoms with Gasteiger partial charge in [-0.3, -0.25) is 4.79 Å². The Hall–Kier alpha value is -2.62. The maximum atomic E-state index is 14.0. The Balaban J connectivity index is 1.81. The van der Waals surface area contributed by atoms with Crippen molar-refractivity contribution < 1.29 is 18.7 Å². The minimum atomic E-state index is -1.69. The van der Waals surface area contributed by atoms with Crippen LogP contribution in [0, 0.1) is 17.2 Å². The number of nitriles is 1. The monoisotopic (exact) mass is 333 g/mol. The first-order valence-corrected chi connectivity index (χ1v) is 7.87. The van der Waals surface area contributed by atoms with Gasteiger partial charge in [0.1, 0.15) is 0 Å². The normalized spacial score (nSPS) is 17.9.